The molecule has 5 rings (SSSR count). The minimum absolute atomic E-state index is 0.0620. The van der Waals surface area contributed by atoms with E-state index in [9.17, 15) is 8.42 Å². The van der Waals surface area contributed by atoms with Crippen LogP contribution in [0.4, 0.5) is 11.6 Å². The number of aromatic amines is 1. The normalized spacial score (nSPS) is 24.0. The molecule has 0 aliphatic carbocycles. The zero-order valence-electron chi connectivity index (χ0n) is 18.7. The number of H-pyrrole nitrogens is 1. The van der Waals surface area contributed by atoms with Crippen molar-refractivity contribution in [2.24, 2.45) is 16.5 Å². The lowest BCUT2D eigenvalue weighted by Gasteiger charge is -2.38. The third kappa shape index (κ3) is 4.21. The van der Waals surface area contributed by atoms with E-state index in [-0.39, 0.29) is 28.9 Å². The van der Waals surface area contributed by atoms with Crippen molar-refractivity contribution in [3.63, 3.8) is 0 Å². The van der Waals surface area contributed by atoms with Gasteiger partial charge < -0.3 is 16.8 Å². The lowest BCUT2D eigenvalue weighted by atomic mass is 9.99. The number of anilines is 1. The summed E-state index contributed by atoms with van der Waals surface area (Å²) in [6.45, 7) is 1.73. The molecule has 3 aromatic rings. The molecule has 2 aliphatic rings. The average Bonchev–Trinajstić information content (AvgIpc) is 3.41. The van der Waals surface area contributed by atoms with Crippen LogP contribution in [0.5, 0.6) is 0 Å². The van der Waals surface area contributed by atoms with Crippen LogP contribution in [0.1, 0.15) is 32.6 Å². The lowest BCUT2D eigenvalue weighted by molar-refractivity contribution is 0.234. The average molecular weight is 482 g/mol. The molecule has 0 spiro atoms. The Morgan fingerprint density at radius 1 is 1.29 bits per heavy atom. The van der Waals surface area contributed by atoms with E-state index in [4.69, 9.17) is 11.5 Å². The maximum absolute atomic E-state index is 13.2. The zero-order valence-corrected chi connectivity index (χ0v) is 19.5. The maximum atomic E-state index is 13.2. The first-order valence-corrected chi connectivity index (χ1v) is 12.6. The van der Waals surface area contributed by atoms with E-state index in [1.807, 2.05) is 12.1 Å². The fourth-order valence-electron chi connectivity index (χ4n) is 4.97. The number of hydrogen-bond acceptors (Lipinski definition) is 8. The number of pyridine rings is 2. The number of hydrogen-bond donors (Lipinski definition) is 4. The van der Waals surface area contributed by atoms with Gasteiger partial charge in [-0.1, -0.05) is 0 Å². The van der Waals surface area contributed by atoms with Gasteiger partial charge in [0.2, 0.25) is 10.0 Å². The van der Waals surface area contributed by atoms with Crippen molar-refractivity contribution >= 4 is 38.4 Å². The van der Waals surface area contributed by atoms with Gasteiger partial charge in [0.1, 0.15) is 16.5 Å². The Bertz CT molecular complexity index is 1350. The smallest absolute Gasteiger partial charge is 0.246 e. The molecule has 2 saturated heterocycles. The van der Waals surface area contributed by atoms with Crippen molar-refractivity contribution < 1.29 is 8.42 Å². The quantitative estimate of drug-likeness (QED) is 0.306. The Labute approximate surface area is 197 Å². The van der Waals surface area contributed by atoms with Crippen LogP contribution in [0.3, 0.4) is 0 Å². The molecule has 2 fully saturated rings. The topological polar surface area (TPSA) is 168 Å². The summed E-state index contributed by atoms with van der Waals surface area (Å²) in [6, 6.07) is 5.50. The van der Waals surface area contributed by atoms with E-state index in [0.717, 1.165) is 23.7 Å². The molecule has 2 unspecified atom stereocenters. The summed E-state index contributed by atoms with van der Waals surface area (Å²) in [5.74, 6) is 1.33. The van der Waals surface area contributed by atoms with Gasteiger partial charge in [-0.2, -0.15) is 9.40 Å². The fourth-order valence-corrected chi connectivity index (χ4v) is 6.77. The Morgan fingerprint density at radius 2 is 2.06 bits per heavy atom. The molecule has 2 bridgehead atoms. The molecule has 3 atom stereocenters. The van der Waals surface area contributed by atoms with Crippen LogP contribution in [0.2, 0.25) is 0 Å². The molecule has 34 heavy (non-hydrogen) atoms. The predicted octanol–water partition coefficient (Wildman–Crippen LogP) is 2.00. The number of aromatic nitrogens is 4. The minimum atomic E-state index is -3.58. The highest BCUT2D eigenvalue weighted by atomic mass is 32.2. The van der Waals surface area contributed by atoms with Gasteiger partial charge in [0.15, 0.2) is 5.82 Å². The number of nitrogens with one attached hydrogen (secondary N) is 2. The molecule has 12 heteroatoms. The Kier molecular flexibility index (Phi) is 5.70. The number of nitrogens with two attached hydrogens (primary N) is 2. The molecule has 0 saturated carbocycles. The highest BCUT2D eigenvalue weighted by molar-refractivity contribution is 7.89. The first kappa shape index (κ1) is 22.3. The zero-order chi connectivity index (χ0) is 23.9. The summed E-state index contributed by atoms with van der Waals surface area (Å²) in [7, 11) is -3.58. The highest BCUT2D eigenvalue weighted by Gasteiger charge is 2.47. The number of nitrogens with zero attached hydrogens (tertiary/aromatic N) is 5. The molecule has 5 heterocycles. The first-order valence-electron chi connectivity index (χ1n) is 11.1. The number of fused-ring (bicyclic) bond motifs is 3. The summed E-state index contributed by atoms with van der Waals surface area (Å²) in [4.78, 5) is 13.7. The molecule has 0 radical (unpaired) electrons. The summed E-state index contributed by atoms with van der Waals surface area (Å²) in [5, 5.41) is 10.8. The molecule has 3 aromatic heterocycles. The van der Waals surface area contributed by atoms with Crippen LogP contribution in [-0.2, 0) is 10.0 Å². The summed E-state index contributed by atoms with van der Waals surface area (Å²) < 4.78 is 28.0. The molecule has 11 nitrogen and oxygen atoms in total. The van der Waals surface area contributed by atoms with Crippen LogP contribution >= 0.6 is 0 Å². The Morgan fingerprint density at radius 3 is 2.74 bits per heavy atom. The number of allylic oxidation sites excluding steroid dienone is 1. The third-order valence-corrected chi connectivity index (χ3v) is 8.23. The predicted molar refractivity (Wildman–Crippen MR) is 130 cm³/mol. The van der Waals surface area contributed by atoms with Crippen LogP contribution in [0.15, 0.2) is 58.5 Å². The number of rotatable bonds is 6. The van der Waals surface area contributed by atoms with Gasteiger partial charge in [-0.3, -0.25) is 10.1 Å². The van der Waals surface area contributed by atoms with Gasteiger partial charge in [-0.05, 0) is 50.8 Å². The van der Waals surface area contributed by atoms with Crippen molar-refractivity contribution in [3.05, 3.63) is 48.6 Å². The SMILES string of the molecule is C/C(N)=C/C(N)=Nc1cc2ncccc2c(NC2CC3CC[C@@H](C2)N3S(=O)(=O)c2cn[nH]c2)n1. The number of aliphatic imine (C=N–C) groups is 1. The Balaban J connectivity index is 1.42. The maximum Gasteiger partial charge on any atom is 0.246 e. The molecule has 0 amide bonds. The summed E-state index contributed by atoms with van der Waals surface area (Å²) >= 11 is 0. The second-order valence-electron chi connectivity index (χ2n) is 8.79. The van der Waals surface area contributed by atoms with E-state index in [1.54, 1.807) is 29.6 Å². The monoisotopic (exact) mass is 481 g/mol. The molecule has 0 aromatic carbocycles. The van der Waals surface area contributed by atoms with E-state index in [2.05, 4.69) is 30.5 Å². The first-order chi connectivity index (χ1) is 16.3. The van der Waals surface area contributed by atoms with Crippen molar-refractivity contribution in [1.82, 2.24) is 24.5 Å². The summed E-state index contributed by atoms with van der Waals surface area (Å²) in [5.41, 5.74) is 13.0. The van der Waals surface area contributed by atoms with Crippen LogP contribution < -0.4 is 16.8 Å². The van der Waals surface area contributed by atoms with Crippen LogP contribution in [-0.4, -0.2) is 56.8 Å². The second-order valence-corrected chi connectivity index (χ2v) is 10.6. The van der Waals surface area contributed by atoms with E-state index in [1.165, 1.54) is 12.4 Å². The number of amidine groups is 1. The lowest BCUT2D eigenvalue weighted by Crippen LogP contribution is -2.49. The van der Waals surface area contributed by atoms with Gasteiger partial charge >= 0.3 is 0 Å². The third-order valence-electron chi connectivity index (χ3n) is 6.26. The number of piperidine rings is 1. The Hall–Kier alpha value is -3.51. The standard InChI is InChI=1S/C22H27N9O2S/c1-13(23)7-20(24)29-21-10-19-18(3-2-6-25-19)22(30-21)28-14-8-15-4-5-16(9-14)31(15)34(32,33)17-11-26-27-12-17/h2-3,6-7,10-12,14-16H,4-5,8-9,23H2,1H3,(H,26,27)(H3,24,28,29,30)/b13-7-/t14?,15-,16?/m0/s1. The highest BCUT2D eigenvalue weighted by Crippen LogP contribution is 2.41. The van der Waals surface area contributed by atoms with Crippen molar-refractivity contribution in [3.8, 4) is 0 Å². The molecule has 6 N–H and O–H groups in total. The van der Waals surface area contributed by atoms with Gasteiger partial charge in [0.05, 0.1) is 11.7 Å². The number of sulfonamides is 1. The molecule has 178 valence electrons. The molecular formula is C22H27N9O2S. The van der Waals surface area contributed by atoms with E-state index >= 15 is 0 Å². The molecular weight excluding hydrogens is 454 g/mol. The van der Waals surface area contributed by atoms with Crippen molar-refractivity contribution in [1.29, 1.82) is 0 Å². The van der Waals surface area contributed by atoms with E-state index in [0.29, 0.717) is 30.2 Å². The second kappa shape index (κ2) is 8.69. The van der Waals surface area contributed by atoms with Gasteiger partial charge in [0, 0.05) is 47.7 Å². The van der Waals surface area contributed by atoms with Gasteiger partial charge in [-0.25, -0.2) is 18.4 Å². The minimum Gasteiger partial charge on any atom is -0.402 e. The largest absolute Gasteiger partial charge is 0.402 e. The van der Waals surface area contributed by atoms with E-state index < -0.39 is 10.0 Å². The summed E-state index contributed by atoms with van der Waals surface area (Å²) in [6.07, 6.45) is 9.12. The van der Waals surface area contributed by atoms with Gasteiger partial charge in [-0.15, -0.1) is 0 Å². The molecule has 2 aliphatic heterocycles. The fraction of sp³-hybridized carbons (Fsp3) is 0.364. The van der Waals surface area contributed by atoms with Crippen LogP contribution in [0.25, 0.3) is 10.9 Å². The van der Waals surface area contributed by atoms with Crippen molar-refractivity contribution in [2.75, 3.05) is 5.32 Å². The van der Waals surface area contributed by atoms with Gasteiger partial charge in [0.25, 0.3) is 0 Å². The van der Waals surface area contributed by atoms with Crippen molar-refractivity contribution in [2.45, 2.75) is 55.6 Å². The van der Waals surface area contributed by atoms with Crippen LogP contribution in [0, 0.1) is 0 Å².